The fraction of sp³-hybridized carbons (Fsp3) is 0.619. The molecule has 0 spiro atoms. The molecule has 138 valence electrons. The van der Waals surface area contributed by atoms with Crippen LogP contribution in [0.1, 0.15) is 46.0 Å². The van der Waals surface area contributed by atoms with Gasteiger partial charge in [-0.15, -0.1) is 0 Å². The molecular formula is C21H25ClN2O2. The van der Waals surface area contributed by atoms with Crippen molar-refractivity contribution in [2.45, 2.75) is 57.2 Å². The molecule has 26 heavy (non-hydrogen) atoms. The number of halogens is 1. The number of hydrogen-bond donors (Lipinski definition) is 1. The Balaban J connectivity index is 1.63. The molecule has 5 heteroatoms. The van der Waals surface area contributed by atoms with E-state index >= 15 is 0 Å². The first kappa shape index (κ1) is 17.8. The second-order valence-electron chi connectivity index (χ2n) is 8.88. The van der Waals surface area contributed by atoms with Crippen molar-refractivity contribution in [1.29, 1.82) is 5.26 Å². The highest BCUT2D eigenvalue weighted by molar-refractivity contribution is 6.30. The number of aliphatic hydroxyl groups is 1. The highest BCUT2D eigenvalue weighted by Crippen LogP contribution is 2.59. The lowest BCUT2D eigenvalue weighted by molar-refractivity contribution is -0.139. The van der Waals surface area contributed by atoms with Gasteiger partial charge in [0, 0.05) is 10.9 Å². The molecule has 0 amide bonds. The van der Waals surface area contributed by atoms with Crippen LogP contribution in [-0.4, -0.2) is 22.0 Å². The zero-order valence-electron chi connectivity index (χ0n) is 15.3. The smallest absolute Gasteiger partial charge is 0.205 e. The first-order valence-electron chi connectivity index (χ1n) is 9.44. The lowest BCUT2D eigenvalue weighted by Crippen LogP contribution is -2.59. The number of ether oxygens (including phenoxy) is 1. The lowest BCUT2D eigenvalue weighted by atomic mass is 9.48. The van der Waals surface area contributed by atoms with Gasteiger partial charge in [-0.25, -0.2) is 0 Å². The first-order valence-corrected chi connectivity index (χ1v) is 9.81. The van der Waals surface area contributed by atoms with Crippen LogP contribution in [0.3, 0.4) is 0 Å². The second-order valence-corrected chi connectivity index (χ2v) is 9.32. The normalized spacial score (nSPS) is 36.0. The zero-order chi connectivity index (χ0) is 18.5. The molecule has 0 aromatic heterocycles. The van der Waals surface area contributed by atoms with Crippen molar-refractivity contribution in [2.24, 2.45) is 28.7 Å². The summed E-state index contributed by atoms with van der Waals surface area (Å²) in [6.07, 6.45) is 6.87. The number of hydrogen-bond acceptors (Lipinski definition) is 4. The van der Waals surface area contributed by atoms with Gasteiger partial charge in [-0.05, 0) is 88.0 Å². The number of aliphatic imine (C=N–C) groups is 1. The molecule has 0 saturated heterocycles. The molecule has 4 bridgehead atoms. The van der Waals surface area contributed by atoms with Gasteiger partial charge in [-0.2, -0.15) is 10.3 Å². The van der Waals surface area contributed by atoms with Crippen LogP contribution in [0.5, 0.6) is 5.75 Å². The average molecular weight is 373 g/mol. The number of nitriles is 1. The lowest BCUT2D eigenvalue weighted by Gasteiger charge is -2.59. The summed E-state index contributed by atoms with van der Waals surface area (Å²) in [6.45, 7) is 3.97. The summed E-state index contributed by atoms with van der Waals surface area (Å²) in [7, 11) is 0. The van der Waals surface area contributed by atoms with Crippen molar-refractivity contribution >= 4 is 17.3 Å². The Bertz CT molecular complexity index is 749. The molecule has 4 aliphatic carbocycles. The SMILES string of the molecule is CC(C)(Oc1ccc(Cl)cc1)C(=NC#N)C1[C@@H]2CC3C[C@H]1CC(O)(C3)C2. The van der Waals surface area contributed by atoms with E-state index in [0.29, 0.717) is 28.5 Å². The van der Waals surface area contributed by atoms with Crippen molar-refractivity contribution < 1.29 is 9.84 Å². The molecule has 5 rings (SSSR count). The molecule has 4 aliphatic rings. The van der Waals surface area contributed by atoms with Gasteiger partial charge in [-0.3, -0.25) is 0 Å². The van der Waals surface area contributed by atoms with Crippen LogP contribution in [0.2, 0.25) is 5.02 Å². The van der Waals surface area contributed by atoms with Gasteiger partial charge in [0.1, 0.15) is 11.4 Å². The second kappa shape index (κ2) is 6.25. The maximum Gasteiger partial charge on any atom is 0.205 e. The van der Waals surface area contributed by atoms with E-state index < -0.39 is 11.2 Å². The Morgan fingerprint density at radius 1 is 1.23 bits per heavy atom. The molecule has 4 fully saturated rings. The minimum absolute atomic E-state index is 0.216. The van der Waals surface area contributed by atoms with Gasteiger partial charge in [0.15, 0.2) is 0 Å². The molecule has 1 N–H and O–H groups in total. The Morgan fingerprint density at radius 3 is 2.38 bits per heavy atom. The predicted molar refractivity (Wildman–Crippen MR) is 101 cm³/mol. The van der Waals surface area contributed by atoms with Crippen LogP contribution in [-0.2, 0) is 0 Å². The molecule has 3 unspecified atom stereocenters. The Morgan fingerprint density at radius 2 is 1.85 bits per heavy atom. The van der Waals surface area contributed by atoms with Gasteiger partial charge < -0.3 is 9.84 Å². The summed E-state index contributed by atoms with van der Waals surface area (Å²) >= 11 is 5.97. The summed E-state index contributed by atoms with van der Waals surface area (Å²) in [5, 5.41) is 20.9. The highest BCUT2D eigenvalue weighted by atomic mass is 35.5. The maximum absolute atomic E-state index is 10.8. The number of rotatable bonds is 4. The maximum atomic E-state index is 10.8. The van der Waals surface area contributed by atoms with E-state index in [9.17, 15) is 10.4 Å². The summed E-state index contributed by atoms with van der Waals surface area (Å²) < 4.78 is 6.25. The molecule has 0 radical (unpaired) electrons. The molecule has 1 aromatic carbocycles. The largest absolute Gasteiger partial charge is 0.482 e. The quantitative estimate of drug-likeness (QED) is 0.620. The van der Waals surface area contributed by atoms with Crippen molar-refractivity contribution in [2.75, 3.05) is 0 Å². The molecule has 5 atom stereocenters. The van der Waals surface area contributed by atoms with Crippen LogP contribution >= 0.6 is 11.6 Å². The van der Waals surface area contributed by atoms with E-state index in [4.69, 9.17) is 16.3 Å². The predicted octanol–water partition coefficient (Wildman–Crippen LogP) is 4.61. The van der Waals surface area contributed by atoms with Crippen molar-refractivity contribution in [1.82, 2.24) is 0 Å². The van der Waals surface area contributed by atoms with Crippen LogP contribution in [0.15, 0.2) is 29.3 Å². The molecule has 0 aliphatic heterocycles. The summed E-state index contributed by atoms with van der Waals surface area (Å²) in [5.74, 6) is 2.34. The topological polar surface area (TPSA) is 65.6 Å². The highest BCUT2D eigenvalue weighted by Gasteiger charge is 2.57. The van der Waals surface area contributed by atoms with Gasteiger partial charge in [-0.1, -0.05) is 11.6 Å². The van der Waals surface area contributed by atoms with Crippen LogP contribution in [0, 0.1) is 35.1 Å². The van der Waals surface area contributed by atoms with Gasteiger partial charge in [0.25, 0.3) is 0 Å². The number of benzene rings is 1. The third-order valence-corrected chi connectivity index (χ3v) is 6.78. The van der Waals surface area contributed by atoms with E-state index in [1.54, 1.807) is 12.1 Å². The monoisotopic (exact) mass is 372 g/mol. The molecule has 4 nitrogen and oxygen atoms in total. The zero-order valence-corrected chi connectivity index (χ0v) is 16.0. The third kappa shape index (κ3) is 3.12. The summed E-state index contributed by atoms with van der Waals surface area (Å²) in [6, 6.07) is 7.28. The Kier molecular flexibility index (Phi) is 4.28. The summed E-state index contributed by atoms with van der Waals surface area (Å²) in [4.78, 5) is 4.27. The Labute approximate surface area is 159 Å². The average Bonchev–Trinajstić information content (AvgIpc) is 2.54. The van der Waals surface area contributed by atoms with E-state index in [1.165, 1.54) is 0 Å². The fourth-order valence-corrected chi connectivity index (χ4v) is 6.07. The molecule has 4 saturated carbocycles. The van der Waals surface area contributed by atoms with Crippen molar-refractivity contribution in [3.8, 4) is 11.9 Å². The van der Waals surface area contributed by atoms with Crippen LogP contribution in [0.25, 0.3) is 0 Å². The third-order valence-electron chi connectivity index (χ3n) is 6.53. The fourth-order valence-electron chi connectivity index (χ4n) is 5.94. The minimum Gasteiger partial charge on any atom is -0.482 e. The molecule has 0 heterocycles. The first-order chi connectivity index (χ1) is 12.3. The number of nitrogens with zero attached hydrogens (tertiary/aromatic N) is 2. The van der Waals surface area contributed by atoms with E-state index in [0.717, 1.165) is 37.8 Å². The molecular weight excluding hydrogens is 348 g/mol. The van der Waals surface area contributed by atoms with Crippen LogP contribution < -0.4 is 4.74 Å². The van der Waals surface area contributed by atoms with Crippen LogP contribution in [0.4, 0.5) is 0 Å². The van der Waals surface area contributed by atoms with Crippen molar-refractivity contribution in [3.63, 3.8) is 0 Å². The van der Waals surface area contributed by atoms with E-state index in [-0.39, 0.29) is 5.92 Å². The summed E-state index contributed by atoms with van der Waals surface area (Å²) in [5.41, 5.74) is -0.356. The Hall–Kier alpha value is -1.57. The standard InChI is InChI=1S/C21H25ClN2O2/c1-20(2,26-17-5-3-16(22)4-6-17)19(24-12-23)18-14-7-13-8-15(18)11-21(25,9-13)10-14/h3-6,13-15,18,25H,7-11H2,1-2H3/t13?,14-,15+,18?,21?. The van der Waals surface area contributed by atoms with E-state index in [1.807, 2.05) is 32.2 Å². The van der Waals surface area contributed by atoms with Gasteiger partial charge >= 0.3 is 0 Å². The van der Waals surface area contributed by atoms with Gasteiger partial charge in [0.05, 0.1) is 11.3 Å². The minimum atomic E-state index is -0.688. The van der Waals surface area contributed by atoms with Crippen molar-refractivity contribution in [3.05, 3.63) is 29.3 Å². The van der Waals surface area contributed by atoms with E-state index in [2.05, 4.69) is 4.99 Å². The molecule has 1 aromatic rings. The van der Waals surface area contributed by atoms with Gasteiger partial charge in [0.2, 0.25) is 6.19 Å².